The molecule has 5 amide bonds. The molecule has 9 nitrogen and oxygen atoms in total. The third-order valence-electron chi connectivity index (χ3n) is 4.89. The van der Waals surface area contributed by atoms with Crippen LogP contribution in [0.2, 0.25) is 0 Å². The molecule has 0 spiro atoms. The normalized spacial score (nSPS) is 17.7. The Morgan fingerprint density at radius 2 is 1.75 bits per heavy atom. The Labute approximate surface area is 181 Å². The smallest absolute Gasteiger partial charge is 0.325 e. The first kappa shape index (κ1) is 22.7. The Morgan fingerprint density at radius 3 is 2.38 bits per heavy atom. The molecular weight excluding hydrogens is 426 g/mol. The molecule has 0 aliphatic carbocycles. The van der Waals surface area contributed by atoms with Crippen molar-refractivity contribution in [2.45, 2.75) is 12.5 Å². The van der Waals surface area contributed by atoms with Gasteiger partial charge in [0.2, 0.25) is 11.8 Å². The highest BCUT2D eigenvalue weighted by atomic mass is 19.2. The number of hydrogen-bond donors (Lipinski definition) is 3. The van der Waals surface area contributed by atoms with Crippen molar-refractivity contribution in [2.75, 3.05) is 25.5 Å². The molecule has 3 N–H and O–H groups in total. The number of benzene rings is 2. The number of methoxy groups -OCH3 is 1. The predicted molar refractivity (Wildman–Crippen MR) is 109 cm³/mol. The largest absolute Gasteiger partial charge is 0.497 e. The van der Waals surface area contributed by atoms with E-state index in [0.29, 0.717) is 11.3 Å². The van der Waals surface area contributed by atoms with Gasteiger partial charge < -0.3 is 20.7 Å². The van der Waals surface area contributed by atoms with Crippen LogP contribution in [0.15, 0.2) is 42.5 Å². The van der Waals surface area contributed by atoms with Crippen molar-refractivity contribution >= 4 is 29.4 Å². The van der Waals surface area contributed by atoms with Gasteiger partial charge in [-0.3, -0.25) is 19.3 Å². The molecule has 1 aliphatic heterocycles. The second kappa shape index (κ2) is 9.00. The van der Waals surface area contributed by atoms with Crippen LogP contribution >= 0.6 is 0 Å². The molecule has 0 aromatic heterocycles. The van der Waals surface area contributed by atoms with E-state index in [-0.39, 0.29) is 5.69 Å². The standard InChI is InChI=1S/C21H20F2N4O5/c1-21(12-3-6-14(32-2)7-4-12)19(30)27(20(31)26-21)11-18(29)24-10-17(28)25-13-5-8-15(22)16(23)9-13/h3-9H,10-11H2,1-2H3,(H,24,29)(H,25,28)(H,26,31). The minimum Gasteiger partial charge on any atom is -0.497 e. The maximum absolute atomic E-state index is 13.2. The summed E-state index contributed by atoms with van der Waals surface area (Å²) in [7, 11) is 1.50. The summed E-state index contributed by atoms with van der Waals surface area (Å²) in [6.07, 6.45) is 0. The van der Waals surface area contributed by atoms with Gasteiger partial charge in [0, 0.05) is 11.8 Å². The topological polar surface area (TPSA) is 117 Å². The molecule has 1 atom stereocenters. The Kier molecular flexibility index (Phi) is 6.37. The van der Waals surface area contributed by atoms with Gasteiger partial charge in [-0.25, -0.2) is 13.6 Å². The van der Waals surface area contributed by atoms with Gasteiger partial charge >= 0.3 is 6.03 Å². The fraction of sp³-hybridized carbons (Fsp3) is 0.238. The Hall–Kier alpha value is -4.02. The van der Waals surface area contributed by atoms with Crippen molar-refractivity contribution in [1.29, 1.82) is 0 Å². The molecule has 1 heterocycles. The lowest BCUT2D eigenvalue weighted by molar-refractivity contribution is -0.135. The van der Waals surface area contributed by atoms with E-state index in [9.17, 15) is 28.0 Å². The molecule has 11 heteroatoms. The molecule has 1 aliphatic rings. The number of nitrogens with zero attached hydrogens (tertiary/aromatic N) is 1. The van der Waals surface area contributed by atoms with Crippen molar-refractivity contribution in [3.05, 3.63) is 59.7 Å². The maximum Gasteiger partial charge on any atom is 0.325 e. The Morgan fingerprint density at radius 1 is 1.06 bits per heavy atom. The van der Waals surface area contributed by atoms with Crippen molar-refractivity contribution in [2.24, 2.45) is 0 Å². The van der Waals surface area contributed by atoms with E-state index in [1.807, 2.05) is 0 Å². The predicted octanol–water partition coefficient (Wildman–Crippen LogP) is 1.50. The zero-order chi connectivity index (χ0) is 23.5. The van der Waals surface area contributed by atoms with Crippen molar-refractivity contribution in [3.63, 3.8) is 0 Å². The molecular formula is C21H20F2N4O5. The quantitative estimate of drug-likeness (QED) is 0.558. The minimum absolute atomic E-state index is 0.00695. The second-order valence-electron chi connectivity index (χ2n) is 7.13. The van der Waals surface area contributed by atoms with E-state index in [4.69, 9.17) is 4.74 Å². The van der Waals surface area contributed by atoms with Gasteiger partial charge in [0.05, 0.1) is 13.7 Å². The summed E-state index contributed by atoms with van der Waals surface area (Å²) in [5, 5.41) is 7.13. The molecule has 168 valence electrons. The van der Waals surface area contributed by atoms with Crippen LogP contribution in [-0.4, -0.2) is 48.9 Å². The number of ether oxygens (including phenoxy) is 1. The lowest BCUT2D eigenvalue weighted by Crippen LogP contribution is -2.44. The van der Waals surface area contributed by atoms with Gasteiger partial charge in [-0.15, -0.1) is 0 Å². The number of carbonyl (C=O) groups excluding carboxylic acids is 4. The maximum atomic E-state index is 13.2. The number of imide groups is 1. The monoisotopic (exact) mass is 446 g/mol. The average molecular weight is 446 g/mol. The highest BCUT2D eigenvalue weighted by Gasteiger charge is 2.49. The Balaban J connectivity index is 1.57. The SMILES string of the molecule is COc1ccc(C2(C)NC(=O)N(CC(=O)NCC(=O)Nc3ccc(F)c(F)c3)C2=O)cc1. The van der Waals surface area contributed by atoms with E-state index in [0.717, 1.165) is 23.1 Å². The summed E-state index contributed by atoms with van der Waals surface area (Å²) in [5.74, 6) is -3.71. The first-order valence-electron chi connectivity index (χ1n) is 9.44. The van der Waals surface area contributed by atoms with Crippen LogP contribution in [0.25, 0.3) is 0 Å². The molecule has 2 aromatic carbocycles. The summed E-state index contributed by atoms with van der Waals surface area (Å²) in [6, 6.07) is 8.58. The number of hydrogen-bond acceptors (Lipinski definition) is 5. The molecule has 1 unspecified atom stereocenters. The molecule has 32 heavy (non-hydrogen) atoms. The highest BCUT2D eigenvalue weighted by Crippen LogP contribution is 2.29. The first-order chi connectivity index (χ1) is 15.1. The van der Waals surface area contributed by atoms with E-state index in [1.54, 1.807) is 24.3 Å². The lowest BCUT2D eigenvalue weighted by Gasteiger charge is -2.22. The summed E-state index contributed by atoms with van der Waals surface area (Å²) >= 11 is 0. The minimum atomic E-state index is -1.37. The lowest BCUT2D eigenvalue weighted by atomic mass is 9.92. The van der Waals surface area contributed by atoms with Crippen LogP contribution < -0.4 is 20.7 Å². The molecule has 0 bridgehead atoms. The van der Waals surface area contributed by atoms with Crippen LogP contribution in [0.5, 0.6) is 5.75 Å². The van der Waals surface area contributed by atoms with Gasteiger partial charge in [-0.2, -0.15) is 0 Å². The second-order valence-corrected chi connectivity index (χ2v) is 7.13. The number of carbonyl (C=O) groups is 4. The van der Waals surface area contributed by atoms with Gasteiger partial charge in [0.1, 0.15) is 17.8 Å². The van der Waals surface area contributed by atoms with Crippen LogP contribution in [0, 0.1) is 11.6 Å². The molecule has 2 aromatic rings. The van der Waals surface area contributed by atoms with E-state index in [1.165, 1.54) is 14.0 Å². The number of urea groups is 1. The van der Waals surface area contributed by atoms with Crippen LogP contribution in [0.4, 0.5) is 19.3 Å². The number of halogens is 2. The van der Waals surface area contributed by atoms with Crippen LogP contribution in [-0.2, 0) is 19.9 Å². The highest BCUT2D eigenvalue weighted by molar-refractivity contribution is 6.09. The van der Waals surface area contributed by atoms with Crippen LogP contribution in [0.1, 0.15) is 12.5 Å². The van der Waals surface area contributed by atoms with Crippen molar-refractivity contribution in [1.82, 2.24) is 15.5 Å². The van der Waals surface area contributed by atoms with E-state index >= 15 is 0 Å². The molecule has 0 saturated carbocycles. The fourth-order valence-electron chi connectivity index (χ4n) is 3.12. The number of anilines is 1. The third-order valence-corrected chi connectivity index (χ3v) is 4.89. The van der Waals surface area contributed by atoms with Gasteiger partial charge in [0.15, 0.2) is 11.6 Å². The van der Waals surface area contributed by atoms with E-state index < -0.39 is 54.0 Å². The Bertz CT molecular complexity index is 1080. The van der Waals surface area contributed by atoms with Gasteiger partial charge in [-0.05, 0) is 36.8 Å². The zero-order valence-corrected chi connectivity index (χ0v) is 17.2. The van der Waals surface area contributed by atoms with E-state index in [2.05, 4.69) is 16.0 Å². The average Bonchev–Trinajstić information content (AvgIpc) is 2.99. The zero-order valence-electron chi connectivity index (χ0n) is 17.2. The van der Waals surface area contributed by atoms with Crippen molar-refractivity contribution < 1.29 is 32.7 Å². The number of rotatable bonds is 7. The molecule has 3 rings (SSSR count). The summed E-state index contributed by atoms with van der Waals surface area (Å²) in [5.41, 5.74) is -0.855. The number of nitrogens with one attached hydrogen (secondary N) is 3. The first-order valence-corrected chi connectivity index (χ1v) is 9.44. The summed E-state index contributed by atoms with van der Waals surface area (Å²) < 4.78 is 31.2. The molecule has 1 saturated heterocycles. The number of amides is 5. The van der Waals surface area contributed by atoms with Crippen molar-refractivity contribution in [3.8, 4) is 5.75 Å². The molecule has 1 fully saturated rings. The molecule has 0 radical (unpaired) electrons. The fourth-order valence-corrected chi connectivity index (χ4v) is 3.12. The summed E-state index contributed by atoms with van der Waals surface area (Å²) in [6.45, 7) is 0.411. The third kappa shape index (κ3) is 4.66. The summed E-state index contributed by atoms with van der Waals surface area (Å²) in [4.78, 5) is 50.0. The van der Waals surface area contributed by atoms with Gasteiger partial charge in [-0.1, -0.05) is 12.1 Å². The van der Waals surface area contributed by atoms with Gasteiger partial charge in [0.25, 0.3) is 5.91 Å². The van der Waals surface area contributed by atoms with Crippen LogP contribution in [0.3, 0.4) is 0 Å².